The van der Waals surface area contributed by atoms with Crippen molar-refractivity contribution in [2.45, 2.75) is 32.8 Å². The highest BCUT2D eigenvalue weighted by Crippen LogP contribution is 2.20. The van der Waals surface area contributed by atoms with E-state index < -0.39 is 0 Å². The van der Waals surface area contributed by atoms with E-state index in [1.165, 1.54) is 0 Å². The third-order valence-electron chi connectivity index (χ3n) is 3.90. The van der Waals surface area contributed by atoms with Crippen LogP contribution in [0.2, 0.25) is 0 Å². The lowest BCUT2D eigenvalue weighted by atomic mass is 10.1. The predicted octanol–water partition coefficient (Wildman–Crippen LogP) is 1.50. The number of aromatic nitrogens is 4. The van der Waals surface area contributed by atoms with Gasteiger partial charge in [-0.15, -0.1) is 0 Å². The number of amides is 1. The van der Waals surface area contributed by atoms with Gasteiger partial charge in [-0.1, -0.05) is 0 Å². The fraction of sp³-hybridized carbons (Fsp3) is 0.467. The van der Waals surface area contributed by atoms with E-state index in [0.29, 0.717) is 24.5 Å². The molecule has 22 heavy (non-hydrogen) atoms. The maximum atomic E-state index is 12.6. The van der Waals surface area contributed by atoms with Gasteiger partial charge >= 0.3 is 0 Å². The van der Waals surface area contributed by atoms with E-state index in [4.69, 9.17) is 4.74 Å². The number of ether oxygens (including phenoxy) is 1. The lowest BCUT2D eigenvalue weighted by Crippen LogP contribution is -2.42. The van der Waals surface area contributed by atoms with Gasteiger partial charge in [0.25, 0.3) is 5.91 Å². The zero-order valence-corrected chi connectivity index (χ0v) is 12.7. The Balaban J connectivity index is 1.59. The predicted molar refractivity (Wildman–Crippen MR) is 79.6 cm³/mol. The molecule has 1 aliphatic rings. The number of carbonyl (C=O) groups is 1. The van der Waals surface area contributed by atoms with Crippen LogP contribution in [0.5, 0.6) is 5.88 Å². The number of nitrogens with zero attached hydrogens (tertiary/aromatic N) is 4. The molecule has 0 aromatic carbocycles. The first kappa shape index (κ1) is 14.5. The zero-order valence-electron chi connectivity index (χ0n) is 12.7. The molecule has 0 atom stereocenters. The van der Waals surface area contributed by atoms with Crippen molar-refractivity contribution in [2.75, 3.05) is 13.1 Å². The molecule has 3 heterocycles. The largest absolute Gasteiger partial charge is 0.473 e. The van der Waals surface area contributed by atoms with Crippen molar-refractivity contribution in [3.05, 3.63) is 35.5 Å². The topological polar surface area (TPSA) is 84.0 Å². The Labute approximate surface area is 128 Å². The molecule has 0 spiro atoms. The lowest BCUT2D eigenvalue weighted by molar-refractivity contribution is 0.0586. The second kappa shape index (κ2) is 6.13. The van der Waals surface area contributed by atoms with Crippen LogP contribution in [-0.2, 0) is 0 Å². The number of H-pyrrole nitrogens is 1. The summed E-state index contributed by atoms with van der Waals surface area (Å²) in [4.78, 5) is 22.5. The number of aromatic amines is 1. The van der Waals surface area contributed by atoms with Gasteiger partial charge in [0.1, 0.15) is 6.10 Å². The van der Waals surface area contributed by atoms with Crippen molar-refractivity contribution < 1.29 is 9.53 Å². The summed E-state index contributed by atoms with van der Waals surface area (Å²) < 4.78 is 5.79. The fourth-order valence-electron chi connectivity index (χ4n) is 2.72. The Morgan fingerprint density at radius 1 is 1.32 bits per heavy atom. The van der Waals surface area contributed by atoms with Gasteiger partial charge in [-0.05, 0) is 13.8 Å². The second-order valence-electron chi connectivity index (χ2n) is 5.46. The highest BCUT2D eigenvalue weighted by Gasteiger charge is 2.27. The molecule has 2 aromatic heterocycles. The lowest BCUT2D eigenvalue weighted by Gasteiger charge is -2.31. The van der Waals surface area contributed by atoms with Gasteiger partial charge in [0.15, 0.2) is 0 Å². The summed E-state index contributed by atoms with van der Waals surface area (Å²) in [6.07, 6.45) is 6.49. The number of likely N-dealkylation sites (tertiary alicyclic amines) is 1. The molecule has 0 aliphatic carbocycles. The van der Waals surface area contributed by atoms with Gasteiger partial charge in [0.2, 0.25) is 5.88 Å². The number of nitrogens with one attached hydrogen (secondary N) is 1. The molecule has 1 fully saturated rings. The SMILES string of the molecule is Cc1n[nH]c(C)c1C(=O)N1CCC(Oc2cnccn2)CC1. The van der Waals surface area contributed by atoms with Gasteiger partial charge in [-0.25, -0.2) is 4.98 Å². The van der Waals surface area contributed by atoms with Crippen LogP contribution in [0.1, 0.15) is 34.6 Å². The van der Waals surface area contributed by atoms with Crippen molar-refractivity contribution >= 4 is 5.91 Å². The average Bonchev–Trinajstić information content (AvgIpc) is 2.87. The fourth-order valence-corrected chi connectivity index (χ4v) is 2.72. The number of aryl methyl sites for hydroxylation is 2. The quantitative estimate of drug-likeness (QED) is 0.928. The number of carbonyl (C=O) groups excluding carboxylic acids is 1. The molecule has 0 radical (unpaired) electrons. The van der Waals surface area contributed by atoms with Crippen molar-refractivity contribution in [1.29, 1.82) is 0 Å². The van der Waals surface area contributed by atoms with Crippen LogP contribution in [0, 0.1) is 13.8 Å². The molecule has 1 amide bonds. The maximum absolute atomic E-state index is 12.6. The third kappa shape index (κ3) is 2.93. The summed E-state index contributed by atoms with van der Waals surface area (Å²) in [5, 5.41) is 6.95. The molecule has 116 valence electrons. The maximum Gasteiger partial charge on any atom is 0.257 e. The molecule has 7 nitrogen and oxygen atoms in total. The minimum absolute atomic E-state index is 0.0432. The average molecular weight is 301 g/mol. The van der Waals surface area contributed by atoms with E-state index in [1.807, 2.05) is 18.7 Å². The molecule has 2 aromatic rings. The van der Waals surface area contributed by atoms with Crippen molar-refractivity contribution in [3.63, 3.8) is 0 Å². The zero-order chi connectivity index (χ0) is 15.5. The van der Waals surface area contributed by atoms with Crippen LogP contribution >= 0.6 is 0 Å². The Kier molecular flexibility index (Phi) is 4.04. The smallest absolute Gasteiger partial charge is 0.257 e. The molecule has 0 unspecified atom stereocenters. The summed E-state index contributed by atoms with van der Waals surface area (Å²) in [6, 6.07) is 0. The Hall–Kier alpha value is -2.44. The highest BCUT2D eigenvalue weighted by molar-refractivity contribution is 5.96. The number of piperidine rings is 1. The summed E-state index contributed by atoms with van der Waals surface area (Å²) >= 11 is 0. The minimum atomic E-state index is 0.0432. The standard InChI is InChI=1S/C15H19N5O2/c1-10-14(11(2)19-18-10)15(21)20-7-3-12(4-8-20)22-13-9-16-5-6-17-13/h5-6,9,12H,3-4,7-8H2,1-2H3,(H,18,19). The molecular formula is C15H19N5O2. The van der Waals surface area contributed by atoms with Crippen LogP contribution < -0.4 is 4.74 Å². The molecule has 1 N–H and O–H groups in total. The summed E-state index contributed by atoms with van der Waals surface area (Å²) in [7, 11) is 0. The first-order valence-electron chi connectivity index (χ1n) is 7.38. The normalized spacial score (nSPS) is 15.8. The van der Waals surface area contributed by atoms with E-state index in [9.17, 15) is 4.79 Å². The summed E-state index contributed by atoms with van der Waals surface area (Å²) in [5.41, 5.74) is 2.26. The molecule has 7 heteroatoms. The molecular weight excluding hydrogens is 282 g/mol. The number of rotatable bonds is 3. The van der Waals surface area contributed by atoms with Gasteiger partial charge in [0.05, 0.1) is 17.5 Å². The Bertz CT molecular complexity index is 628. The van der Waals surface area contributed by atoms with Crippen molar-refractivity contribution in [1.82, 2.24) is 25.1 Å². The van der Waals surface area contributed by atoms with E-state index >= 15 is 0 Å². The third-order valence-corrected chi connectivity index (χ3v) is 3.90. The molecule has 1 aliphatic heterocycles. The molecule has 3 rings (SSSR count). The van der Waals surface area contributed by atoms with Crippen molar-refractivity contribution in [2.24, 2.45) is 0 Å². The van der Waals surface area contributed by atoms with Crippen LogP contribution in [0.3, 0.4) is 0 Å². The minimum Gasteiger partial charge on any atom is -0.473 e. The summed E-state index contributed by atoms with van der Waals surface area (Å²) in [6.45, 7) is 5.07. The monoisotopic (exact) mass is 301 g/mol. The molecule has 0 bridgehead atoms. The first-order valence-corrected chi connectivity index (χ1v) is 7.38. The van der Waals surface area contributed by atoms with Gasteiger partial charge in [-0.2, -0.15) is 5.10 Å². The summed E-state index contributed by atoms with van der Waals surface area (Å²) in [5.74, 6) is 0.579. The van der Waals surface area contributed by atoms with Crippen molar-refractivity contribution in [3.8, 4) is 5.88 Å². The van der Waals surface area contributed by atoms with Crippen LogP contribution in [-0.4, -0.2) is 50.2 Å². The highest BCUT2D eigenvalue weighted by atomic mass is 16.5. The van der Waals surface area contributed by atoms with E-state index in [0.717, 1.165) is 24.2 Å². The molecule has 1 saturated heterocycles. The van der Waals surface area contributed by atoms with Crippen LogP contribution in [0.25, 0.3) is 0 Å². The van der Waals surface area contributed by atoms with Gasteiger partial charge in [0, 0.05) is 44.0 Å². The first-order chi connectivity index (χ1) is 10.6. The molecule has 0 saturated carbocycles. The Morgan fingerprint density at radius 3 is 2.68 bits per heavy atom. The van der Waals surface area contributed by atoms with Gasteiger partial charge in [-0.3, -0.25) is 14.9 Å². The number of hydrogen-bond donors (Lipinski definition) is 1. The number of hydrogen-bond acceptors (Lipinski definition) is 5. The van der Waals surface area contributed by atoms with Crippen LogP contribution in [0.15, 0.2) is 18.6 Å². The van der Waals surface area contributed by atoms with E-state index in [-0.39, 0.29) is 12.0 Å². The van der Waals surface area contributed by atoms with Crippen LogP contribution in [0.4, 0.5) is 0 Å². The van der Waals surface area contributed by atoms with E-state index in [2.05, 4.69) is 20.2 Å². The second-order valence-corrected chi connectivity index (χ2v) is 5.46. The Morgan fingerprint density at radius 2 is 2.09 bits per heavy atom. The van der Waals surface area contributed by atoms with E-state index in [1.54, 1.807) is 18.6 Å². The van der Waals surface area contributed by atoms with Gasteiger partial charge < -0.3 is 9.64 Å².